The van der Waals surface area contributed by atoms with E-state index in [-0.39, 0.29) is 46.8 Å². The van der Waals surface area contributed by atoms with E-state index in [4.69, 9.17) is 84.5 Å². The molecule has 1 aliphatic carbocycles. The zero-order valence-electron chi connectivity index (χ0n) is 61.1. The van der Waals surface area contributed by atoms with E-state index in [1.165, 1.54) is 96.5 Å². The van der Waals surface area contributed by atoms with Gasteiger partial charge in [0.15, 0.2) is 23.1 Å². The number of methoxy groups -OCH3 is 3. The van der Waals surface area contributed by atoms with Crippen molar-refractivity contribution in [1.82, 2.24) is 24.9 Å². The van der Waals surface area contributed by atoms with Gasteiger partial charge in [0.25, 0.3) is 0 Å². The molecule has 33 heteroatoms. The number of fused-ring (bicyclic) bond motifs is 1. The highest BCUT2D eigenvalue weighted by Crippen LogP contribution is 2.49. The summed E-state index contributed by atoms with van der Waals surface area (Å²) in [6.45, 7) is 3.15. The number of carbonyl (C=O) groups excluding carboxylic acids is 9. The zero-order chi connectivity index (χ0) is 83.5. The van der Waals surface area contributed by atoms with Gasteiger partial charge in [-0.2, -0.15) is 0 Å². The van der Waals surface area contributed by atoms with Crippen LogP contribution in [0.1, 0.15) is 102 Å². The fourth-order valence-corrected chi connectivity index (χ4v) is 15.6. The van der Waals surface area contributed by atoms with Crippen LogP contribution in [-0.4, -0.2) is 128 Å². The highest BCUT2D eigenvalue weighted by molar-refractivity contribution is 9.11. The number of aromatic nitrogens is 5. The lowest BCUT2D eigenvalue weighted by Crippen LogP contribution is -2.29. The van der Waals surface area contributed by atoms with Crippen molar-refractivity contribution in [2.24, 2.45) is 5.92 Å². The Balaban J connectivity index is 0.000000192. The minimum absolute atomic E-state index is 0.0297. The number of ketones is 5. The second-order valence-electron chi connectivity index (χ2n) is 23.1. The van der Waals surface area contributed by atoms with Crippen LogP contribution < -0.4 is 5.46 Å². The van der Waals surface area contributed by atoms with Crippen LogP contribution in [0.5, 0.6) is 0 Å². The van der Waals surface area contributed by atoms with Gasteiger partial charge < -0.3 is 24.3 Å². The minimum Gasteiger partial charge on any atom is -0.469 e. The van der Waals surface area contributed by atoms with Crippen molar-refractivity contribution < 1.29 is 67.4 Å². The van der Waals surface area contributed by atoms with E-state index in [2.05, 4.69) is 45.6 Å². The zero-order valence-corrected chi connectivity index (χ0v) is 72.4. The van der Waals surface area contributed by atoms with Gasteiger partial charge in [-0.05, 0) is 232 Å². The Bertz CT molecular complexity index is 5390. The number of rotatable bonds is 17. The standard InChI is InChI=1S/2C20H14ClNO3S.C13H11NO3S.C11H9NOS.C7H5ClO.C6H5BrOS.C5H6BNO2.Al.3ClH/c1-25-20(24)17-16(12-2-4-13(21)5-3-12)14-10-15(26-19(14)18(17)23)11-6-8-22-9-7-11;1-25-20(24)16(12-13-2-4-15(21)5-3-13)19(23)18-7-6-17(26-18)14-8-10-22-11-9-14;1-17-13(16)8-10(15)12-3-2-11(18-12)9-4-6-14-7-5-9;1-8(13)10-2-3-11(14-10)9-4-6-12-7-5-9;8-7-3-1-6(5-9)2-4-7;1-4(8)5-2-3-6(7)9-5;8-6(9)5-1-3-7-4-2-5;;;;/h2-10,16-17H,1H3;2-12H,1H3;2-7H,8H2,1H3;2-7H,1H3;1-5H;2-3H,1H3;1-4,8-9H;;3*1H/q;;;;;;;+3;;;/p-3/b;16-12-;;;;;;;;;/t16-,17+;;;;;;;;;;/m1........../s1. The van der Waals surface area contributed by atoms with Crippen molar-refractivity contribution in [3.8, 4) is 41.8 Å². The van der Waals surface area contributed by atoms with Crippen LogP contribution in [0.4, 0.5) is 0 Å². The average Bonchev–Trinajstić information content (AvgIpc) is 1.59. The van der Waals surface area contributed by atoms with E-state index in [1.54, 1.807) is 148 Å². The number of carbonyl (C=O) groups is 9. The van der Waals surface area contributed by atoms with Crippen molar-refractivity contribution in [2.75, 3.05) is 21.3 Å². The third kappa shape index (κ3) is 29.8. The van der Waals surface area contributed by atoms with Crippen LogP contribution >= 0.6 is 138 Å². The summed E-state index contributed by atoms with van der Waals surface area (Å²) in [5.74, 6) is -3.45. The topological polar surface area (TPSA) is 286 Å². The molecule has 586 valence electrons. The molecule has 0 spiro atoms. The smallest absolute Gasteiger partial charge is 0.469 e. The normalized spacial score (nSPS) is 11.9. The number of thiophene rings is 5. The second kappa shape index (κ2) is 48.4. The van der Waals surface area contributed by atoms with Gasteiger partial charge in [-0.25, -0.2) is 34.9 Å². The van der Waals surface area contributed by atoms with Crippen LogP contribution in [0.2, 0.25) is 15.1 Å². The lowest BCUT2D eigenvalue weighted by atomic mass is 9.81. The molecule has 0 saturated heterocycles. The number of hydrogen-bond acceptors (Lipinski definition) is 24. The van der Waals surface area contributed by atoms with E-state index in [0.29, 0.717) is 46.3 Å². The molecule has 0 fully saturated rings. The third-order valence-corrected chi connectivity index (χ3v) is 22.7. The first-order valence-corrected chi connectivity index (χ1v) is 44.8. The molecule has 0 saturated carbocycles. The van der Waals surface area contributed by atoms with E-state index in [0.717, 1.165) is 72.7 Å². The SMILES string of the molecule is CC(=O)c1ccc(-c2ccncc2)s1.CC(=O)c1ccc(Br)s1.COC(=O)/C(=C\c1ccc(Cl)cc1)C(=O)c1ccc(-c2ccncc2)s1.COC(=O)CC(=O)c1ccc(-c2ccncc2)s1.COC(=O)[C@@H]1C(=O)c2sc(-c3ccncc3)cc2[C@H]1c1ccc(Cl)cc1.O=Cc1ccc(Cl)cc1.OB(O)c1ccncc1.[Cl][Al]([Cl])[Cl]. The van der Waals surface area contributed by atoms with E-state index in [1.807, 2.05) is 103 Å². The van der Waals surface area contributed by atoms with Crippen LogP contribution in [0.25, 0.3) is 47.8 Å². The number of pyridine rings is 5. The van der Waals surface area contributed by atoms with Gasteiger partial charge in [-0.1, -0.05) is 71.2 Å². The van der Waals surface area contributed by atoms with Crippen LogP contribution in [-0.2, 0) is 28.6 Å². The van der Waals surface area contributed by atoms with Gasteiger partial charge in [0.1, 0.15) is 24.2 Å². The minimum atomic E-state index is -1.72. The molecule has 19 nitrogen and oxygen atoms in total. The summed E-state index contributed by atoms with van der Waals surface area (Å²) >= 11 is 26.0. The molecule has 13 aromatic rings. The van der Waals surface area contributed by atoms with Gasteiger partial charge in [-0.15, -0.1) is 56.7 Å². The summed E-state index contributed by atoms with van der Waals surface area (Å²) in [4.78, 5) is 132. The van der Waals surface area contributed by atoms with E-state index >= 15 is 0 Å². The number of nitrogens with zero attached hydrogens (tertiary/aromatic N) is 5. The number of hydrogen-bond donors (Lipinski definition) is 2. The van der Waals surface area contributed by atoms with Crippen LogP contribution in [0, 0.1) is 5.92 Å². The Hall–Kier alpha value is -9.18. The van der Waals surface area contributed by atoms with Crippen molar-refractivity contribution in [3.05, 3.63) is 321 Å². The molecule has 0 unspecified atom stereocenters. The maximum absolute atomic E-state index is 13.0. The maximum Gasteiger partial charge on any atom is 0.643 e. The highest BCUT2D eigenvalue weighted by atomic mass is 79.9. The molecule has 3 aromatic carbocycles. The monoisotopic (exact) mass is 1830 g/mol. The number of aldehydes is 1. The van der Waals surface area contributed by atoms with Crippen LogP contribution in [0.3, 0.4) is 0 Å². The maximum atomic E-state index is 13.0. The average molecular weight is 1830 g/mol. The summed E-state index contributed by atoms with van der Waals surface area (Å²) in [5.41, 5.74) is 7.59. The molecule has 115 heavy (non-hydrogen) atoms. The Morgan fingerprint density at radius 1 is 0.487 bits per heavy atom. The molecule has 14 rings (SSSR count). The van der Waals surface area contributed by atoms with Crippen LogP contribution in [0.15, 0.2) is 259 Å². The number of ether oxygens (including phenoxy) is 3. The summed E-state index contributed by atoms with van der Waals surface area (Å²) in [6.07, 6.45) is 18.8. The molecule has 0 bridgehead atoms. The third-order valence-electron chi connectivity index (χ3n) is 15.4. The molecule has 0 aliphatic heterocycles. The molecule has 2 N–H and O–H groups in total. The predicted molar refractivity (Wildman–Crippen MR) is 466 cm³/mol. The quantitative estimate of drug-likeness (QED) is 0.0125. The Kier molecular flexibility index (Phi) is 39.1. The number of halogens is 7. The summed E-state index contributed by atoms with van der Waals surface area (Å²) < 4.78 is 15.2. The van der Waals surface area contributed by atoms with Gasteiger partial charge >= 0.3 is 36.4 Å². The van der Waals surface area contributed by atoms with E-state index in [9.17, 15) is 43.2 Å². The van der Waals surface area contributed by atoms with Gasteiger partial charge in [0.05, 0.1) is 49.5 Å². The molecule has 10 aromatic heterocycles. The fraction of sp³-hybridized carbons (Fsp3) is 0.0976. The van der Waals surface area contributed by atoms with Crippen molar-refractivity contribution in [1.29, 1.82) is 0 Å². The van der Waals surface area contributed by atoms with Crippen molar-refractivity contribution >= 4 is 221 Å². The second-order valence-corrected chi connectivity index (χ2v) is 37.6. The van der Waals surface area contributed by atoms with Gasteiger partial charge in [-0.3, -0.25) is 63.3 Å². The Morgan fingerprint density at radius 3 is 1.26 bits per heavy atom. The molecule has 10 heterocycles. The lowest BCUT2D eigenvalue weighted by molar-refractivity contribution is -0.144. The fourth-order valence-electron chi connectivity index (χ4n) is 9.92. The number of esters is 3. The lowest BCUT2D eigenvalue weighted by Gasteiger charge is -2.18. The molecule has 2 atom stereocenters. The van der Waals surface area contributed by atoms with Gasteiger partial charge in [0.2, 0.25) is 5.78 Å². The van der Waals surface area contributed by atoms with Crippen molar-refractivity contribution in [3.63, 3.8) is 0 Å². The predicted octanol–water partition coefficient (Wildman–Crippen LogP) is 20.4. The highest BCUT2D eigenvalue weighted by Gasteiger charge is 2.47. The first kappa shape index (κ1) is 93.0. The number of benzene rings is 3. The first-order chi connectivity index (χ1) is 55.2. The van der Waals surface area contributed by atoms with Gasteiger partial charge in [0, 0.05) is 108 Å². The first-order valence-electron chi connectivity index (χ1n) is 33.5. The molecule has 0 amide bonds. The Labute approximate surface area is 722 Å². The molecular weight excluding hydrogens is 1770 g/mol. The van der Waals surface area contributed by atoms with E-state index < -0.39 is 42.3 Å². The summed E-state index contributed by atoms with van der Waals surface area (Å²) in [6, 6.07) is 55.8. The largest absolute Gasteiger partial charge is 0.643 e. The summed E-state index contributed by atoms with van der Waals surface area (Å²) in [5, 5.41) is 18.9. The number of Topliss-reactive ketones (excluding diaryl/α,β-unsaturated/α-hetero) is 5. The molecule has 0 radical (unpaired) electrons. The molecular formula is C82H64AlBBrCl6N5O14S5. The summed E-state index contributed by atoms with van der Waals surface area (Å²) in [7, 11) is 17.3. The Morgan fingerprint density at radius 2 is 0.878 bits per heavy atom. The van der Waals surface area contributed by atoms with Crippen molar-refractivity contribution in [2.45, 2.75) is 26.2 Å². The molecule has 1 aliphatic rings.